The Kier molecular flexibility index (Phi) is 4.10. The van der Waals surface area contributed by atoms with Gasteiger partial charge in [-0.25, -0.2) is 4.79 Å². The van der Waals surface area contributed by atoms with E-state index in [1.54, 1.807) is 39.0 Å². The smallest absolute Gasteiger partial charge is 0.412 e. The van der Waals surface area contributed by atoms with Crippen LogP contribution in [0.4, 0.5) is 10.5 Å². The van der Waals surface area contributed by atoms with E-state index in [-0.39, 0.29) is 0 Å². The van der Waals surface area contributed by atoms with Crippen molar-refractivity contribution in [1.29, 1.82) is 0 Å². The van der Waals surface area contributed by atoms with E-state index in [1.165, 1.54) is 0 Å². The summed E-state index contributed by atoms with van der Waals surface area (Å²) in [6.07, 6.45) is -0.527. The van der Waals surface area contributed by atoms with Crippen molar-refractivity contribution in [2.75, 3.05) is 5.32 Å². The Labute approximate surface area is 106 Å². The third kappa shape index (κ3) is 4.33. The van der Waals surface area contributed by atoms with Crippen LogP contribution in [0, 0.1) is 0 Å². The van der Waals surface area contributed by atoms with E-state index in [1.807, 2.05) is 0 Å². The van der Waals surface area contributed by atoms with E-state index >= 15 is 0 Å². The molecule has 0 unspecified atom stereocenters. The minimum absolute atomic E-state index is 0.429. The van der Waals surface area contributed by atoms with Gasteiger partial charge in [-0.15, -0.1) is 12.6 Å². The molecule has 0 aromatic heterocycles. The average molecular weight is 260 g/mol. The van der Waals surface area contributed by atoms with Gasteiger partial charge in [-0.2, -0.15) is 0 Å². The van der Waals surface area contributed by atoms with E-state index in [0.717, 1.165) is 4.90 Å². The minimum Gasteiger partial charge on any atom is -0.444 e. The molecule has 16 heavy (non-hydrogen) atoms. The fourth-order valence-electron chi connectivity index (χ4n) is 1.02. The summed E-state index contributed by atoms with van der Waals surface area (Å²) in [5.74, 6) is 0. The molecule has 0 bridgehead atoms. The summed E-state index contributed by atoms with van der Waals surface area (Å²) < 4.78 is 5.10. The molecule has 5 heteroatoms. The highest BCUT2D eigenvalue weighted by Crippen LogP contribution is 2.25. The van der Waals surface area contributed by atoms with Crippen LogP contribution in [0.2, 0.25) is 5.02 Å². The molecule has 0 radical (unpaired) electrons. The molecule has 1 amide bonds. The van der Waals surface area contributed by atoms with Crippen molar-refractivity contribution >= 4 is 36.0 Å². The Bertz CT molecular complexity index is 401. The Morgan fingerprint density at radius 2 is 2.06 bits per heavy atom. The molecule has 0 atom stereocenters. The highest BCUT2D eigenvalue weighted by molar-refractivity contribution is 7.80. The number of amides is 1. The molecule has 1 aromatic rings. The molecule has 0 fully saturated rings. The SMILES string of the molecule is CC(C)(C)OC(=O)Nc1ccc(S)cc1Cl. The first-order valence-electron chi connectivity index (χ1n) is 4.76. The fraction of sp³-hybridized carbons (Fsp3) is 0.364. The topological polar surface area (TPSA) is 38.3 Å². The second-order valence-electron chi connectivity index (χ2n) is 4.29. The molecule has 0 saturated heterocycles. The van der Waals surface area contributed by atoms with Gasteiger partial charge in [0, 0.05) is 4.90 Å². The van der Waals surface area contributed by atoms with Gasteiger partial charge in [-0.1, -0.05) is 11.6 Å². The Morgan fingerprint density at radius 3 is 2.56 bits per heavy atom. The zero-order valence-corrected chi connectivity index (χ0v) is 11.0. The number of nitrogens with one attached hydrogen (secondary N) is 1. The first-order valence-corrected chi connectivity index (χ1v) is 5.59. The Hall–Kier alpha value is -0.870. The number of carbonyl (C=O) groups excluding carboxylic acids is 1. The maximum Gasteiger partial charge on any atom is 0.412 e. The number of rotatable bonds is 1. The quantitative estimate of drug-likeness (QED) is 0.749. The van der Waals surface area contributed by atoms with Crippen LogP contribution in [0.15, 0.2) is 23.1 Å². The van der Waals surface area contributed by atoms with E-state index in [2.05, 4.69) is 17.9 Å². The van der Waals surface area contributed by atoms with Crippen molar-refractivity contribution in [2.45, 2.75) is 31.3 Å². The normalized spacial score (nSPS) is 11.1. The summed E-state index contributed by atoms with van der Waals surface area (Å²) in [5.41, 5.74) is -0.0197. The van der Waals surface area contributed by atoms with E-state index < -0.39 is 11.7 Å². The van der Waals surface area contributed by atoms with Crippen LogP contribution in [-0.2, 0) is 4.74 Å². The van der Waals surface area contributed by atoms with Gasteiger partial charge in [0.1, 0.15) is 5.60 Å². The van der Waals surface area contributed by atoms with Crippen LogP contribution >= 0.6 is 24.2 Å². The lowest BCUT2D eigenvalue weighted by Crippen LogP contribution is -2.27. The van der Waals surface area contributed by atoms with Gasteiger partial charge in [-0.05, 0) is 39.0 Å². The number of hydrogen-bond donors (Lipinski definition) is 2. The molecule has 88 valence electrons. The monoisotopic (exact) mass is 259 g/mol. The number of thiol groups is 1. The summed E-state index contributed by atoms with van der Waals surface area (Å²) in [7, 11) is 0. The lowest BCUT2D eigenvalue weighted by molar-refractivity contribution is 0.0636. The van der Waals surface area contributed by atoms with Crippen molar-refractivity contribution in [3.63, 3.8) is 0 Å². The first kappa shape index (κ1) is 13.2. The Morgan fingerprint density at radius 1 is 1.44 bits per heavy atom. The van der Waals surface area contributed by atoms with Gasteiger partial charge in [0.2, 0.25) is 0 Å². The molecule has 0 heterocycles. The maximum atomic E-state index is 11.5. The maximum absolute atomic E-state index is 11.5. The summed E-state index contributed by atoms with van der Waals surface area (Å²) in [6, 6.07) is 5.06. The third-order valence-electron chi connectivity index (χ3n) is 1.59. The highest BCUT2D eigenvalue weighted by Gasteiger charge is 2.16. The van der Waals surface area contributed by atoms with Crippen molar-refractivity contribution in [1.82, 2.24) is 0 Å². The predicted molar refractivity (Wildman–Crippen MR) is 68.6 cm³/mol. The molecular formula is C11H14ClNO2S. The zero-order valence-electron chi connectivity index (χ0n) is 9.37. The molecule has 0 spiro atoms. The molecule has 1 aromatic carbocycles. The number of ether oxygens (including phenoxy) is 1. The molecule has 0 saturated carbocycles. The van der Waals surface area contributed by atoms with Gasteiger partial charge in [0.15, 0.2) is 0 Å². The molecule has 0 aliphatic heterocycles. The third-order valence-corrected chi connectivity index (χ3v) is 2.18. The lowest BCUT2D eigenvalue weighted by atomic mass is 10.2. The predicted octanol–water partition coefficient (Wildman–Crippen LogP) is 3.98. The molecular weight excluding hydrogens is 246 g/mol. The van der Waals surface area contributed by atoms with Crippen molar-refractivity contribution in [3.05, 3.63) is 23.2 Å². The molecule has 0 aliphatic rings. The van der Waals surface area contributed by atoms with Gasteiger partial charge in [0.05, 0.1) is 10.7 Å². The summed E-state index contributed by atoms with van der Waals surface area (Å²) >= 11 is 10.1. The van der Waals surface area contributed by atoms with Crippen LogP contribution in [0.25, 0.3) is 0 Å². The number of anilines is 1. The van der Waals surface area contributed by atoms with Crippen LogP contribution in [0.3, 0.4) is 0 Å². The highest BCUT2D eigenvalue weighted by atomic mass is 35.5. The number of carbonyl (C=O) groups is 1. The van der Waals surface area contributed by atoms with Gasteiger partial charge in [0.25, 0.3) is 0 Å². The van der Waals surface area contributed by atoms with Crippen LogP contribution in [0.1, 0.15) is 20.8 Å². The standard InChI is InChI=1S/C11H14ClNO2S/c1-11(2,3)15-10(14)13-9-5-4-7(16)6-8(9)12/h4-6,16H,1-3H3,(H,13,14). The number of hydrogen-bond acceptors (Lipinski definition) is 3. The van der Waals surface area contributed by atoms with E-state index in [0.29, 0.717) is 10.7 Å². The molecule has 3 nitrogen and oxygen atoms in total. The molecule has 1 rings (SSSR count). The largest absolute Gasteiger partial charge is 0.444 e. The van der Waals surface area contributed by atoms with Gasteiger partial charge < -0.3 is 4.74 Å². The lowest BCUT2D eigenvalue weighted by Gasteiger charge is -2.20. The average Bonchev–Trinajstić information content (AvgIpc) is 2.06. The van der Waals surface area contributed by atoms with Crippen LogP contribution in [-0.4, -0.2) is 11.7 Å². The number of halogens is 1. The summed E-state index contributed by atoms with van der Waals surface area (Å²) in [4.78, 5) is 12.2. The molecule has 0 aliphatic carbocycles. The van der Waals surface area contributed by atoms with E-state index in [9.17, 15) is 4.79 Å². The molecule has 1 N–H and O–H groups in total. The minimum atomic E-state index is -0.528. The second-order valence-corrected chi connectivity index (χ2v) is 5.21. The second kappa shape index (κ2) is 4.97. The van der Waals surface area contributed by atoms with Gasteiger partial charge in [-0.3, -0.25) is 5.32 Å². The van der Waals surface area contributed by atoms with Crippen LogP contribution in [0.5, 0.6) is 0 Å². The van der Waals surface area contributed by atoms with Crippen molar-refractivity contribution < 1.29 is 9.53 Å². The Balaban J connectivity index is 2.70. The zero-order chi connectivity index (χ0) is 12.3. The fourth-order valence-corrected chi connectivity index (χ4v) is 1.53. The first-order chi connectivity index (χ1) is 7.28. The van der Waals surface area contributed by atoms with Crippen molar-refractivity contribution in [2.24, 2.45) is 0 Å². The summed E-state index contributed by atoms with van der Waals surface area (Å²) in [5, 5.41) is 3.00. The van der Waals surface area contributed by atoms with Crippen molar-refractivity contribution in [3.8, 4) is 0 Å². The van der Waals surface area contributed by atoms with Crippen LogP contribution < -0.4 is 5.32 Å². The number of benzene rings is 1. The summed E-state index contributed by atoms with van der Waals surface area (Å²) in [6.45, 7) is 5.39. The van der Waals surface area contributed by atoms with E-state index in [4.69, 9.17) is 16.3 Å². The van der Waals surface area contributed by atoms with Gasteiger partial charge >= 0.3 is 6.09 Å².